The van der Waals surface area contributed by atoms with Gasteiger partial charge < -0.3 is 9.15 Å². The van der Waals surface area contributed by atoms with E-state index in [1.54, 1.807) is 30.3 Å². The van der Waals surface area contributed by atoms with Gasteiger partial charge in [0, 0.05) is 6.07 Å². The Morgan fingerprint density at radius 1 is 1.07 bits per heavy atom. The number of carbonyl (C=O) groups excluding carboxylic acids is 2. The number of amides is 2. The van der Waals surface area contributed by atoms with Crippen LogP contribution < -0.4 is 15.6 Å². The third kappa shape index (κ3) is 6.74. The summed E-state index contributed by atoms with van der Waals surface area (Å²) >= 11 is 11.7. The lowest BCUT2D eigenvalue weighted by molar-refractivity contribution is -0.122. The predicted octanol–water partition coefficient (Wildman–Crippen LogP) is 3.66. The number of nitrogens with zero attached hydrogens (tertiary/aromatic N) is 1. The summed E-state index contributed by atoms with van der Waals surface area (Å²) in [6.07, 6.45) is 0.0475. The van der Waals surface area contributed by atoms with Crippen molar-refractivity contribution in [3.05, 3.63) is 51.9 Å². The number of ether oxygens (including phenoxy) is 1. The van der Waals surface area contributed by atoms with Crippen LogP contribution in [0.4, 0.5) is 0 Å². The molecule has 0 unspecified atom stereocenters. The molecular formula is C19H23Cl2N3O4. The van der Waals surface area contributed by atoms with Crippen molar-refractivity contribution < 1.29 is 18.7 Å². The van der Waals surface area contributed by atoms with Crippen molar-refractivity contribution in [2.45, 2.75) is 26.8 Å². The normalized spacial score (nSPS) is 10.8. The number of hydrogen-bond donors (Lipinski definition) is 2. The van der Waals surface area contributed by atoms with Crippen LogP contribution in [0.3, 0.4) is 0 Å². The minimum absolute atomic E-state index is 0.0475. The summed E-state index contributed by atoms with van der Waals surface area (Å²) in [7, 11) is 0. The molecule has 7 nitrogen and oxygen atoms in total. The molecule has 2 N–H and O–H groups in total. The van der Waals surface area contributed by atoms with Gasteiger partial charge in [-0.1, -0.05) is 37.0 Å². The largest absolute Gasteiger partial charge is 0.493 e. The fourth-order valence-electron chi connectivity index (χ4n) is 2.33. The molecule has 0 aliphatic heterocycles. The average Bonchev–Trinajstić information content (AvgIpc) is 3.15. The van der Waals surface area contributed by atoms with E-state index in [4.69, 9.17) is 32.4 Å². The molecule has 0 atom stereocenters. The summed E-state index contributed by atoms with van der Waals surface area (Å²) in [5.41, 5.74) is 4.64. The fourth-order valence-corrected chi connectivity index (χ4v) is 2.62. The third-order valence-corrected chi connectivity index (χ3v) is 4.70. The SMILES string of the molecule is CCN(CC)Cc1ccc(C(=O)NNC(=O)CCOc2ccc(Cl)c(Cl)c2)o1. The Kier molecular flexibility index (Phi) is 8.63. The first kappa shape index (κ1) is 22.1. The molecule has 0 saturated heterocycles. The van der Waals surface area contributed by atoms with Crippen LogP contribution in [-0.2, 0) is 11.3 Å². The van der Waals surface area contributed by atoms with E-state index in [-0.39, 0.29) is 18.8 Å². The van der Waals surface area contributed by atoms with Crippen LogP contribution in [0.1, 0.15) is 36.6 Å². The van der Waals surface area contributed by atoms with E-state index in [1.807, 2.05) is 0 Å². The van der Waals surface area contributed by atoms with Crippen LogP contribution in [0, 0.1) is 0 Å². The first-order chi connectivity index (χ1) is 13.4. The second-order valence-corrected chi connectivity index (χ2v) is 6.72. The van der Waals surface area contributed by atoms with E-state index in [2.05, 4.69) is 29.6 Å². The first-order valence-electron chi connectivity index (χ1n) is 8.91. The van der Waals surface area contributed by atoms with Gasteiger partial charge in [0.1, 0.15) is 11.5 Å². The lowest BCUT2D eigenvalue weighted by atomic mass is 10.3. The van der Waals surface area contributed by atoms with Crippen molar-refractivity contribution in [2.24, 2.45) is 0 Å². The highest BCUT2D eigenvalue weighted by Gasteiger charge is 2.13. The zero-order valence-electron chi connectivity index (χ0n) is 15.8. The number of carbonyl (C=O) groups is 2. The number of hydrogen-bond acceptors (Lipinski definition) is 5. The number of hydrazine groups is 1. The van der Waals surface area contributed by atoms with Gasteiger partial charge in [0.05, 0.1) is 29.6 Å². The molecular weight excluding hydrogens is 405 g/mol. The highest BCUT2D eigenvalue weighted by molar-refractivity contribution is 6.42. The number of furan rings is 1. The predicted molar refractivity (Wildman–Crippen MR) is 108 cm³/mol. The monoisotopic (exact) mass is 427 g/mol. The molecule has 0 aliphatic rings. The molecule has 2 amide bonds. The topological polar surface area (TPSA) is 83.8 Å². The first-order valence-corrected chi connectivity index (χ1v) is 9.66. The van der Waals surface area contributed by atoms with Crippen molar-refractivity contribution in [2.75, 3.05) is 19.7 Å². The van der Waals surface area contributed by atoms with Crippen molar-refractivity contribution in [3.63, 3.8) is 0 Å². The van der Waals surface area contributed by atoms with Crippen LogP contribution in [0.5, 0.6) is 5.75 Å². The van der Waals surface area contributed by atoms with E-state index in [0.29, 0.717) is 28.1 Å². The van der Waals surface area contributed by atoms with Crippen molar-refractivity contribution >= 4 is 35.0 Å². The molecule has 9 heteroatoms. The second-order valence-electron chi connectivity index (χ2n) is 5.90. The van der Waals surface area contributed by atoms with Gasteiger partial charge >= 0.3 is 5.91 Å². The Morgan fingerprint density at radius 3 is 2.50 bits per heavy atom. The number of nitrogens with one attached hydrogen (secondary N) is 2. The number of benzene rings is 1. The molecule has 0 fully saturated rings. The van der Waals surface area contributed by atoms with Crippen LogP contribution >= 0.6 is 23.2 Å². The van der Waals surface area contributed by atoms with E-state index in [9.17, 15) is 9.59 Å². The van der Waals surface area contributed by atoms with Crippen molar-refractivity contribution in [1.29, 1.82) is 0 Å². The Balaban J connectivity index is 1.72. The molecule has 0 bridgehead atoms. The Hall–Kier alpha value is -2.22. The van der Waals surface area contributed by atoms with Gasteiger partial charge in [0.15, 0.2) is 5.76 Å². The van der Waals surface area contributed by atoms with Gasteiger partial charge in [-0.2, -0.15) is 0 Å². The Morgan fingerprint density at radius 2 is 1.82 bits per heavy atom. The Bertz CT molecular complexity index is 806. The summed E-state index contributed by atoms with van der Waals surface area (Å²) in [5.74, 6) is 0.403. The van der Waals surface area contributed by atoms with Crippen molar-refractivity contribution in [1.82, 2.24) is 15.8 Å². The standard InChI is InChI=1S/C19H23Cl2N3O4/c1-3-24(4-2)12-14-6-8-17(28-14)19(26)23-22-18(25)9-10-27-13-5-7-15(20)16(21)11-13/h5-8,11H,3-4,9-10,12H2,1-2H3,(H,22,25)(H,23,26). The summed E-state index contributed by atoms with van der Waals surface area (Å²) < 4.78 is 10.9. The van der Waals surface area contributed by atoms with E-state index in [1.165, 1.54) is 0 Å². The van der Waals surface area contributed by atoms with Crippen LogP contribution in [0.25, 0.3) is 0 Å². The molecule has 1 aromatic carbocycles. The molecule has 1 heterocycles. The van der Waals surface area contributed by atoms with Crippen molar-refractivity contribution in [3.8, 4) is 5.75 Å². The van der Waals surface area contributed by atoms with Crippen LogP contribution in [-0.4, -0.2) is 36.4 Å². The molecule has 2 aromatic rings. The smallest absolute Gasteiger partial charge is 0.305 e. The van der Waals surface area contributed by atoms with E-state index >= 15 is 0 Å². The summed E-state index contributed by atoms with van der Waals surface area (Å²) in [6.45, 7) is 6.63. The molecule has 0 aliphatic carbocycles. The zero-order chi connectivity index (χ0) is 20.5. The number of halogens is 2. The van der Waals surface area contributed by atoms with E-state index in [0.717, 1.165) is 13.1 Å². The molecule has 2 rings (SSSR count). The molecule has 28 heavy (non-hydrogen) atoms. The quantitative estimate of drug-likeness (QED) is 0.596. The third-order valence-electron chi connectivity index (χ3n) is 3.96. The van der Waals surface area contributed by atoms with Crippen LogP contribution in [0.15, 0.2) is 34.7 Å². The molecule has 1 aromatic heterocycles. The van der Waals surface area contributed by atoms with Crippen LogP contribution in [0.2, 0.25) is 10.0 Å². The maximum absolute atomic E-state index is 12.1. The summed E-state index contributed by atoms with van der Waals surface area (Å²) in [5, 5.41) is 0.794. The highest BCUT2D eigenvalue weighted by atomic mass is 35.5. The molecule has 0 radical (unpaired) electrons. The fraction of sp³-hybridized carbons (Fsp3) is 0.368. The second kappa shape index (κ2) is 10.9. The highest BCUT2D eigenvalue weighted by Crippen LogP contribution is 2.26. The van der Waals surface area contributed by atoms with Gasteiger partial charge in [-0.25, -0.2) is 0 Å². The average molecular weight is 428 g/mol. The Labute approximate surface area is 173 Å². The summed E-state index contributed by atoms with van der Waals surface area (Å²) in [4.78, 5) is 26.1. The molecule has 0 spiro atoms. The van der Waals surface area contributed by atoms with Gasteiger partial charge in [0.2, 0.25) is 5.91 Å². The van der Waals surface area contributed by atoms with Gasteiger partial charge in [-0.3, -0.25) is 25.3 Å². The zero-order valence-corrected chi connectivity index (χ0v) is 17.3. The van der Waals surface area contributed by atoms with Gasteiger partial charge in [-0.15, -0.1) is 0 Å². The minimum atomic E-state index is -0.524. The van der Waals surface area contributed by atoms with Gasteiger partial charge in [-0.05, 0) is 37.4 Å². The summed E-state index contributed by atoms with van der Waals surface area (Å²) in [6, 6.07) is 8.15. The van der Waals surface area contributed by atoms with E-state index < -0.39 is 11.8 Å². The minimum Gasteiger partial charge on any atom is -0.493 e. The molecule has 152 valence electrons. The maximum atomic E-state index is 12.1. The van der Waals surface area contributed by atoms with Gasteiger partial charge in [0.25, 0.3) is 0 Å². The lowest BCUT2D eigenvalue weighted by Gasteiger charge is -2.15. The maximum Gasteiger partial charge on any atom is 0.305 e. The molecule has 0 saturated carbocycles. The lowest BCUT2D eigenvalue weighted by Crippen LogP contribution is -2.41. The number of rotatable bonds is 9.